The number of methoxy groups -OCH3 is 1. The van der Waals surface area contributed by atoms with Gasteiger partial charge in [-0.15, -0.1) is 0 Å². The molecule has 1 atom stereocenters. The van der Waals surface area contributed by atoms with Crippen LogP contribution >= 0.6 is 0 Å². The average Bonchev–Trinajstić information content (AvgIpc) is 2.33. The van der Waals surface area contributed by atoms with Crippen molar-refractivity contribution in [2.24, 2.45) is 0 Å². The van der Waals surface area contributed by atoms with Gasteiger partial charge in [0, 0.05) is 13.7 Å². The van der Waals surface area contributed by atoms with Gasteiger partial charge in [-0.1, -0.05) is 11.6 Å². The minimum absolute atomic E-state index is 0.00837. The molecule has 0 aliphatic heterocycles. The molecule has 100 valence electrons. The summed E-state index contributed by atoms with van der Waals surface area (Å²) in [5.74, 6) is -1.05. The number of carbonyl (C=O) groups is 1. The van der Waals surface area contributed by atoms with Gasteiger partial charge in [0.2, 0.25) is 0 Å². The van der Waals surface area contributed by atoms with Crippen molar-refractivity contribution in [3.8, 4) is 0 Å². The van der Waals surface area contributed by atoms with Crippen molar-refractivity contribution in [3.63, 3.8) is 0 Å². The summed E-state index contributed by atoms with van der Waals surface area (Å²) in [5, 5.41) is 11.5. The standard InChI is InChI=1S/C13H18FNO3/c1-9-3-4-12(14)11(7-9)13(17)15-10(5-6-16)8-18-2/h3-4,7,10,16H,5-6,8H2,1-2H3,(H,15,17). The molecule has 0 aromatic heterocycles. The fraction of sp³-hybridized carbons (Fsp3) is 0.462. The van der Waals surface area contributed by atoms with Crippen LogP contribution in [-0.2, 0) is 4.74 Å². The quantitative estimate of drug-likeness (QED) is 0.804. The van der Waals surface area contributed by atoms with Gasteiger partial charge in [0.1, 0.15) is 5.82 Å². The molecular formula is C13H18FNO3. The largest absolute Gasteiger partial charge is 0.396 e. The molecule has 4 nitrogen and oxygen atoms in total. The maximum Gasteiger partial charge on any atom is 0.254 e. The second-order valence-electron chi connectivity index (χ2n) is 4.12. The van der Waals surface area contributed by atoms with Crippen LogP contribution in [0.2, 0.25) is 0 Å². The average molecular weight is 255 g/mol. The third-order valence-electron chi connectivity index (χ3n) is 2.55. The molecule has 18 heavy (non-hydrogen) atoms. The van der Waals surface area contributed by atoms with Crippen molar-refractivity contribution in [3.05, 3.63) is 35.1 Å². The Morgan fingerprint density at radius 2 is 2.28 bits per heavy atom. The van der Waals surface area contributed by atoms with Crippen LogP contribution in [0.4, 0.5) is 4.39 Å². The number of rotatable bonds is 6. The first-order chi connectivity index (χ1) is 8.58. The number of amides is 1. The molecule has 1 unspecified atom stereocenters. The monoisotopic (exact) mass is 255 g/mol. The normalized spacial score (nSPS) is 12.2. The lowest BCUT2D eigenvalue weighted by Crippen LogP contribution is -2.39. The maximum absolute atomic E-state index is 13.5. The topological polar surface area (TPSA) is 58.6 Å². The fourth-order valence-corrected chi connectivity index (χ4v) is 1.63. The van der Waals surface area contributed by atoms with Gasteiger partial charge in [-0.2, -0.15) is 0 Å². The van der Waals surface area contributed by atoms with Crippen LogP contribution in [0.1, 0.15) is 22.3 Å². The third-order valence-corrected chi connectivity index (χ3v) is 2.55. The summed E-state index contributed by atoms with van der Waals surface area (Å²) in [5.41, 5.74) is 0.820. The van der Waals surface area contributed by atoms with Gasteiger partial charge in [-0.25, -0.2) is 4.39 Å². The molecule has 1 aromatic rings. The van der Waals surface area contributed by atoms with Crippen molar-refractivity contribution < 1.29 is 19.0 Å². The molecular weight excluding hydrogens is 237 g/mol. The second kappa shape index (κ2) is 7.08. The number of ether oxygens (including phenoxy) is 1. The number of aliphatic hydroxyl groups is 1. The van der Waals surface area contributed by atoms with Crippen molar-refractivity contribution >= 4 is 5.91 Å². The number of halogens is 1. The van der Waals surface area contributed by atoms with Crippen molar-refractivity contribution in [2.75, 3.05) is 20.3 Å². The van der Waals surface area contributed by atoms with Crippen LogP contribution in [0.5, 0.6) is 0 Å². The predicted octanol–water partition coefficient (Wildman–Crippen LogP) is 1.26. The first-order valence-corrected chi connectivity index (χ1v) is 5.75. The summed E-state index contributed by atoms with van der Waals surface area (Å²) in [6.07, 6.45) is 0.368. The molecule has 1 rings (SSSR count). The van der Waals surface area contributed by atoms with Crippen molar-refractivity contribution in [1.82, 2.24) is 5.32 Å². The Kier molecular flexibility index (Phi) is 5.74. The number of benzene rings is 1. The van der Waals surface area contributed by atoms with E-state index in [2.05, 4.69) is 5.32 Å². The Morgan fingerprint density at radius 3 is 2.89 bits per heavy atom. The van der Waals surface area contributed by atoms with E-state index in [0.717, 1.165) is 5.56 Å². The Balaban J connectivity index is 2.76. The van der Waals surface area contributed by atoms with Crippen LogP contribution in [0.25, 0.3) is 0 Å². The van der Waals surface area contributed by atoms with Gasteiger partial charge >= 0.3 is 0 Å². The summed E-state index contributed by atoms with van der Waals surface area (Å²) in [6.45, 7) is 2.00. The lowest BCUT2D eigenvalue weighted by atomic mass is 10.1. The lowest BCUT2D eigenvalue weighted by Gasteiger charge is -2.17. The molecule has 0 saturated carbocycles. The lowest BCUT2D eigenvalue weighted by molar-refractivity contribution is 0.0874. The van der Waals surface area contributed by atoms with Crippen LogP contribution in [0.15, 0.2) is 18.2 Å². The van der Waals surface area contributed by atoms with Crippen molar-refractivity contribution in [1.29, 1.82) is 0 Å². The molecule has 2 N–H and O–H groups in total. The van der Waals surface area contributed by atoms with E-state index in [0.29, 0.717) is 6.42 Å². The molecule has 0 saturated heterocycles. The zero-order chi connectivity index (χ0) is 13.5. The Hall–Kier alpha value is -1.46. The van der Waals surface area contributed by atoms with Crippen LogP contribution in [0, 0.1) is 12.7 Å². The van der Waals surface area contributed by atoms with Gasteiger partial charge in [-0.3, -0.25) is 4.79 Å². The van der Waals surface area contributed by atoms with E-state index >= 15 is 0 Å². The first kappa shape index (κ1) is 14.6. The molecule has 0 heterocycles. The van der Waals surface area contributed by atoms with Crippen LogP contribution in [-0.4, -0.2) is 37.4 Å². The number of hydrogen-bond donors (Lipinski definition) is 2. The minimum Gasteiger partial charge on any atom is -0.396 e. The number of aryl methyl sites for hydroxylation is 1. The molecule has 0 aliphatic carbocycles. The minimum atomic E-state index is -0.557. The van der Waals surface area contributed by atoms with Gasteiger partial charge in [0.05, 0.1) is 18.2 Å². The highest BCUT2D eigenvalue weighted by molar-refractivity contribution is 5.94. The van der Waals surface area contributed by atoms with E-state index in [9.17, 15) is 9.18 Å². The first-order valence-electron chi connectivity index (χ1n) is 5.75. The van der Waals surface area contributed by atoms with Gasteiger partial charge in [0.15, 0.2) is 0 Å². The summed E-state index contributed by atoms with van der Waals surface area (Å²) < 4.78 is 18.4. The Labute approximate surface area is 106 Å². The summed E-state index contributed by atoms with van der Waals surface area (Å²) >= 11 is 0. The SMILES string of the molecule is COCC(CCO)NC(=O)c1cc(C)ccc1F. The van der Waals surface area contributed by atoms with Crippen LogP contribution in [0.3, 0.4) is 0 Å². The molecule has 0 radical (unpaired) electrons. The highest BCUT2D eigenvalue weighted by Gasteiger charge is 2.16. The van der Waals surface area contributed by atoms with Gasteiger partial charge < -0.3 is 15.2 Å². The molecule has 1 amide bonds. The van der Waals surface area contributed by atoms with E-state index < -0.39 is 11.7 Å². The highest BCUT2D eigenvalue weighted by atomic mass is 19.1. The highest BCUT2D eigenvalue weighted by Crippen LogP contribution is 2.10. The van der Waals surface area contributed by atoms with Crippen molar-refractivity contribution in [2.45, 2.75) is 19.4 Å². The van der Waals surface area contributed by atoms with Gasteiger partial charge in [0.25, 0.3) is 5.91 Å². The maximum atomic E-state index is 13.5. The number of carbonyl (C=O) groups excluding carboxylic acids is 1. The second-order valence-corrected chi connectivity index (χ2v) is 4.12. The molecule has 5 heteroatoms. The van der Waals surface area contributed by atoms with E-state index in [1.54, 1.807) is 13.0 Å². The Morgan fingerprint density at radius 1 is 1.56 bits per heavy atom. The fourth-order valence-electron chi connectivity index (χ4n) is 1.63. The molecule has 1 aromatic carbocycles. The number of hydrogen-bond acceptors (Lipinski definition) is 3. The molecule has 0 spiro atoms. The van der Waals surface area contributed by atoms with E-state index in [-0.39, 0.29) is 24.8 Å². The summed E-state index contributed by atoms with van der Waals surface area (Å²) in [4.78, 5) is 11.9. The van der Waals surface area contributed by atoms with Crippen LogP contribution < -0.4 is 5.32 Å². The van der Waals surface area contributed by atoms with E-state index in [4.69, 9.17) is 9.84 Å². The summed E-state index contributed by atoms with van der Waals surface area (Å²) in [6, 6.07) is 4.04. The number of aliphatic hydroxyl groups excluding tert-OH is 1. The summed E-state index contributed by atoms with van der Waals surface area (Å²) in [7, 11) is 1.50. The van der Waals surface area contributed by atoms with Gasteiger partial charge in [-0.05, 0) is 25.5 Å². The zero-order valence-electron chi connectivity index (χ0n) is 10.6. The third kappa shape index (κ3) is 4.09. The molecule has 0 fully saturated rings. The molecule has 0 aliphatic rings. The molecule has 0 bridgehead atoms. The zero-order valence-corrected chi connectivity index (χ0v) is 10.6. The number of nitrogens with one attached hydrogen (secondary N) is 1. The predicted molar refractivity (Wildman–Crippen MR) is 66.0 cm³/mol. The van der Waals surface area contributed by atoms with E-state index in [1.165, 1.54) is 19.2 Å². The Bertz CT molecular complexity index is 403. The smallest absolute Gasteiger partial charge is 0.254 e. The van der Waals surface area contributed by atoms with E-state index in [1.807, 2.05) is 0 Å².